The van der Waals surface area contributed by atoms with E-state index in [9.17, 15) is 9.59 Å². The van der Waals surface area contributed by atoms with Gasteiger partial charge in [-0.25, -0.2) is 0 Å². The van der Waals surface area contributed by atoms with E-state index in [4.69, 9.17) is 16.3 Å². The number of hydrogen-bond donors (Lipinski definition) is 0. The first-order valence-corrected chi connectivity index (χ1v) is 7.69. The Labute approximate surface area is 132 Å². The fraction of sp³-hybridized carbons (Fsp3) is 0.375. The lowest BCUT2D eigenvalue weighted by Crippen LogP contribution is -2.41. The van der Waals surface area contributed by atoms with Crippen molar-refractivity contribution < 1.29 is 4.74 Å². The summed E-state index contributed by atoms with van der Waals surface area (Å²) in [5, 5.41) is 0.436. The standard InChI is InChI=1S/C16H17ClN2O3/c17-13-3-1-2-4-14(13)19-8-7-18(15(20)16(19)21)11-12-5-9-22-10-6-12/h1-4,7-8,12H,5-6,9-11H2. The quantitative estimate of drug-likeness (QED) is 0.814. The van der Waals surface area contributed by atoms with Gasteiger partial charge in [0.25, 0.3) is 0 Å². The third-order valence-electron chi connectivity index (χ3n) is 3.97. The highest BCUT2D eigenvalue weighted by atomic mass is 35.5. The number of ether oxygens (including phenoxy) is 1. The van der Waals surface area contributed by atoms with Crippen LogP contribution in [0.5, 0.6) is 0 Å². The minimum Gasteiger partial charge on any atom is -0.381 e. The van der Waals surface area contributed by atoms with E-state index in [1.165, 1.54) is 9.13 Å². The summed E-state index contributed by atoms with van der Waals surface area (Å²) in [5.41, 5.74) is -0.582. The number of halogens is 1. The Hall–Kier alpha value is -1.85. The molecule has 0 spiro atoms. The fourth-order valence-corrected chi connectivity index (χ4v) is 2.92. The predicted octanol–water partition coefficient (Wildman–Crippen LogP) is 2.08. The molecule has 1 aromatic heterocycles. The van der Waals surface area contributed by atoms with Crippen molar-refractivity contribution >= 4 is 11.6 Å². The molecule has 0 amide bonds. The summed E-state index contributed by atoms with van der Waals surface area (Å²) in [5.74, 6) is 0.377. The second kappa shape index (κ2) is 6.50. The summed E-state index contributed by atoms with van der Waals surface area (Å²) in [7, 11) is 0. The zero-order chi connectivity index (χ0) is 15.5. The van der Waals surface area contributed by atoms with E-state index in [2.05, 4.69) is 0 Å². The maximum atomic E-state index is 12.3. The molecular weight excluding hydrogens is 304 g/mol. The summed E-state index contributed by atoms with van der Waals surface area (Å²) >= 11 is 6.10. The summed E-state index contributed by atoms with van der Waals surface area (Å²) in [6, 6.07) is 6.97. The molecule has 1 aliphatic rings. The van der Waals surface area contributed by atoms with Crippen LogP contribution >= 0.6 is 11.6 Å². The molecule has 116 valence electrons. The van der Waals surface area contributed by atoms with Crippen molar-refractivity contribution in [2.45, 2.75) is 19.4 Å². The number of hydrogen-bond acceptors (Lipinski definition) is 3. The van der Waals surface area contributed by atoms with Crippen molar-refractivity contribution in [1.29, 1.82) is 0 Å². The van der Waals surface area contributed by atoms with Gasteiger partial charge in [0.2, 0.25) is 0 Å². The van der Waals surface area contributed by atoms with Gasteiger partial charge in [-0.15, -0.1) is 0 Å². The van der Waals surface area contributed by atoms with Crippen LogP contribution in [0.25, 0.3) is 5.69 Å². The molecule has 22 heavy (non-hydrogen) atoms. The molecule has 1 fully saturated rings. The van der Waals surface area contributed by atoms with Crippen LogP contribution in [0.15, 0.2) is 46.2 Å². The van der Waals surface area contributed by atoms with Crippen LogP contribution in [0.4, 0.5) is 0 Å². The molecule has 0 bridgehead atoms. The third kappa shape index (κ3) is 3.00. The van der Waals surface area contributed by atoms with E-state index in [0.29, 0.717) is 23.2 Å². The van der Waals surface area contributed by atoms with Crippen LogP contribution in [-0.2, 0) is 11.3 Å². The molecule has 0 atom stereocenters. The van der Waals surface area contributed by atoms with Crippen molar-refractivity contribution in [2.75, 3.05) is 13.2 Å². The zero-order valence-electron chi connectivity index (χ0n) is 12.1. The molecule has 0 N–H and O–H groups in total. The number of nitrogens with zero attached hydrogens (tertiary/aromatic N) is 2. The van der Waals surface area contributed by atoms with Gasteiger partial charge in [0.15, 0.2) is 0 Å². The second-order valence-corrected chi connectivity index (χ2v) is 5.85. The van der Waals surface area contributed by atoms with Gasteiger partial charge < -0.3 is 9.30 Å². The van der Waals surface area contributed by atoms with Gasteiger partial charge in [-0.2, -0.15) is 0 Å². The van der Waals surface area contributed by atoms with Crippen molar-refractivity contribution in [3.63, 3.8) is 0 Å². The van der Waals surface area contributed by atoms with E-state index in [-0.39, 0.29) is 0 Å². The Balaban J connectivity index is 1.94. The van der Waals surface area contributed by atoms with Crippen LogP contribution in [0, 0.1) is 5.92 Å². The molecule has 5 nitrogen and oxygen atoms in total. The number of aromatic nitrogens is 2. The second-order valence-electron chi connectivity index (χ2n) is 5.44. The fourth-order valence-electron chi connectivity index (χ4n) is 2.70. The van der Waals surface area contributed by atoms with Crippen LogP contribution in [0.1, 0.15) is 12.8 Å². The lowest BCUT2D eigenvalue weighted by molar-refractivity contribution is 0.0609. The van der Waals surface area contributed by atoms with E-state index in [1.54, 1.807) is 36.7 Å². The summed E-state index contributed by atoms with van der Waals surface area (Å²) in [4.78, 5) is 24.6. The molecule has 1 aromatic carbocycles. The third-order valence-corrected chi connectivity index (χ3v) is 4.29. The summed E-state index contributed by atoms with van der Waals surface area (Å²) in [6.45, 7) is 1.99. The first kappa shape index (κ1) is 15.1. The maximum Gasteiger partial charge on any atom is 0.321 e. The molecule has 0 radical (unpaired) electrons. The van der Waals surface area contributed by atoms with E-state index in [1.807, 2.05) is 0 Å². The number of rotatable bonds is 3. The lowest BCUT2D eigenvalue weighted by atomic mass is 10.0. The minimum absolute atomic E-state index is 0.377. The van der Waals surface area contributed by atoms with Crippen LogP contribution in [-0.4, -0.2) is 22.3 Å². The first-order chi connectivity index (χ1) is 10.7. The average molecular weight is 321 g/mol. The van der Waals surface area contributed by atoms with Gasteiger partial charge in [0.05, 0.1) is 10.7 Å². The van der Waals surface area contributed by atoms with Gasteiger partial charge >= 0.3 is 11.1 Å². The Morgan fingerprint density at radius 3 is 2.55 bits per heavy atom. The number of para-hydroxylation sites is 1. The predicted molar refractivity (Wildman–Crippen MR) is 84.9 cm³/mol. The van der Waals surface area contributed by atoms with E-state index >= 15 is 0 Å². The molecule has 0 aliphatic carbocycles. The highest BCUT2D eigenvalue weighted by Gasteiger charge is 2.16. The highest BCUT2D eigenvalue weighted by Crippen LogP contribution is 2.18. The normalized spacial score (nSPS) is 15.9. The van der Waals surface area contributed by atoms with Crippen LogP contribution in [0.2, 0.25) is 5.02 Å². The van der Waals surface area contributed by atoms with E-state index < -0.39 is 11.1 Å². The Bertz CT molecular complexity index is 775. The SMILES string of the molecule is O=c1c(=O)n(-c2ccccc2Cl)ccn1CC1CCOCC1. The maximum absolute atomic E-state index is 12.3. The van der Waals surface area contributed by atoms with E-state index in [0.717, 1.165) is 26.1 Å². The van der Waals surface area contributed by atoms with Crippen molar-refractivity contribution in [3.05, 3.63) is 62.4 Å². The van der Waals surface area contributed by atoms with Crippen molar-refractivity contribution in [3.8, 4) is 5.69 Å². The van der Waals surface area contributed by atoms with Crippen LogP contribution < -0.4 is 11.1 Å². The molecule has 2 aromatic rings. The Morgan fingerprint density at radius 1 is 1.09 bits per heavy atom. The van der Waals surface area contributed by atoms with Gasteiger partial charge in [-0.3, -0.25) is 14.2 Å². The molecule has 0 unspecified atom stereocenters. The monoisotopic (exact) mass is 320 g/mol. The average Bonchev–Trinajstić information content (AvgIpc) is 2.54. The topological polar surface area (TPSA) is 53.2 Å². The molecular formula is C16H17ClN2O3. The largest absolute Gasteiger partial charge is 0.381 e. The molecule has 0 saturated carbocycles. The highest BCUT2D eigenvalue weighted by molar-refractivity contribution is 6.32. The molecule has 1 aliphatic heterocycles. The van der Waals surface area contributed by atoms with Gasteiger partial charge in [-0.1, -0.05) is 23.7 Å². The molecule has 3 rings (SSSR count). The molecule has 1 saturated heterocycles. The van der Waals surface area contributed by atoms with Gasteiger partial charge in [0, 0.05) is 32.2 Å². The van der Waals surface area contributed by atoms with Crippen molar-refractivity contribution in [2.24, 2.45) is 5.92 Å². The Kier molecular flexibility index (Phi) is 4.45. The summed E-state index contributed by atoms with van der Waals surface area (Å²) < 4.78 is 8.10. The molecule has 2 heterocycles. The van der Waals surface area contributed by atoms with Crippen molar-refractivity contribution in [1.82, 2.24) is 9.13 Å². The smallest absolute Gasteiger partial charge is 0.321 e. The first-order valence-electron chi connectivity index (χ1n) is 7.31. The van der Waals surface area contributed by atoms with Gasteiger partial charge in [0.1, 0.15) is 0 Å². The molecule has 6 heteroatoms. The Morgan fingerprint density at radius 2 is 1.82 bits per heavy atom. The van der Waals surface area contributed by atoms with Crippen LogP contribution in [0.3, 0.4) is 0 Å². The minimum atomic E-state index is -0.581. The lowest BCUT2D eigenvalue weighted by Gasteiger charge is -2.22. The summed E-state index contributed by atoms with van der Waals surface area (Å²) in [6.07, 6.45) is 5.09. The number of benzene rings is 1. The zero-order valence-corrected chi connectivity index (χ0v) is 12.8. The van der Waals surface area contributed by atoms with Gasteiger partial charge in [-0.05, 0) is 30.9 Å².